The molecule has 1 saturated carbocycles. The fourth-order valence-electron chi connectivity index (χ4n) is 2.47. The van der Waals surface area contributed by atoms with E-state index in [-0.39, 0.29) is 11.7 Å². The van der Waals surface area contributed by atoms with Gasteiger partial charge in [0, 0.05) is 23.4 Å². The Bertz CT molecular complexity index is 396. The number of carbonyl (C=O) groups excluding carboxylic acids is 1. The topological polar surface area (TPSA) is 17.1 Å². The van der Waals surface area contributed by atoms with Crippen molar-refractivity contribution in [3.63, 3.8) is 0 Å². The molecular formula is C14H16ClFO. The number of ketones is 1. The molecule has 3 heteroatoms. The zero-order valence-electron chi connectivity index (χ0n) is 9.72. The van der Waals surface area contributed by atoms with Crippen LogP contribution in [0.1, 0.15) is 37.7 Å². The average molecular weight is 255 g/mol. The molecule has 0 spiro atoms. The number of hydrogen-bond donors (Lipinski definition) is 0. The first-order chi connectivity index (χ1) is 8.16. The van der Waals surface area contributed by atoms with E-state index in [4.69, 9.17) is 11.6 Å². The number of halogens is 2. The quantitative estimate of drug-likeness (QED) is 0.724. The molecule has 0 aromatic heterocycles. The molecule has 0 heterocycles. The van der Waals surface area contributed by atoms with Gasteiger partial charge in [0.2, 0.25) is 0 Å². The summed E-state index contributed by atoms with van der Waals surface area (Å²) in [5, 5.41) is 0.474. The summed E-state index contributed by atoms with van der Waals surface area (Å²) in [5.41, 5.74) is 0.564. The highest BCUT2D eigenvalue weighted by Gasteiger charge is 2.20. The Morgan fingerprint density at radius 3 is 2.94 bits per heavy atom. The molecule has 1 atom stereocenters. The summed E-state index contributed by atoms with van der Waals surface area (Å²) in [7, 11) is 0. The van der Waals surface area contributed by atoms with Crippen molar-refractivity contribution in [1.82, 2.24) is 0 Å². The third kappa shape index (κ3) is 3.29. The molecular weight excluding hydrogens is 239 g/mol. The van der Waals surface area contributed by atoms with Crippen LogP contribution in [0.25, 0.3) is 0 Å². The van der Waals surface area contributed by atoms with Crippen LogP contribution in [-0.2, 0) is 11.2 Å². The van der Waals surface area contributed by atoms with Gasteiger partial charge >= 0.3 is 0 Å². The van der Waals surface area contributed by atoms with E-state index in [1.807, 2.05) is 0 Å². The molecule has 1 fully saturated rings. The minimum absolute atomic E-state index is 0.249. The Morgan fingerprint density at radius 1 is 1.35 bits per heavy atom. The molecule has 17 heavy (non-hydrogen) atoms. The number of hydrogen-bond acceptors (Lipinski definition) is 1. The lowest BCUT2D eigenvalue weighted by Crippen LogP contribution is -2.09. The average Bonchev–Trinajstić information content (AvgIpc) is 2.48. The fourth-order valence-corrected chi connectivity index (χ4v) is 2.71. The van der Waals surface area contributed by atoms with Crippen molar-refractivity contribution in [3.8, 4) is 0 Å². The van der Waals surface area contributed by atoms with Crippen molar-refractivity contribution < 1.29 is 9.18 Å². The third-order valence-electron chi connectivity index (χ3n) is 3.39. The first-order valence-electron chi connectivity index (χ1n) is 6.11. The first-order valence-corrected chi connectivity index (χ1v) is 6.49. The van der Waals surface area contributed by atoms with Crippen molar-refractivity contribution in [2.45, 2.75) is 38.5 Å². The zero-order valence-corrected chi connectivity index (χ0v) is 10.5. The molecule has 92 valence electrons. The highest BCUT2D eigenvalue weighted by molar-refractivity contribution is 6.31. The molecule has 0 saturated heterocycles. The van der Waals surface area contributed by atoms with E-state index in [9.17, 15) is 9.18 Å². The van der Waals surface area contributed by atoms with E-state index in [0.717, 1.165) is 19.3 Å². The van der Waals surface area contributed by atoms with Crippen LogP contribution in [0.15, 0.2) is 18.2 Å². The standard InChI is InChI=1S/C14H16ClFO/c15-13-6-3-7-14(16)12(13)9-10-4-1-2-5-11(17)8-10/h3,6-7,10H,1-2,4-5,8-9H2. The Balaban J connectivity index is 2.11. The van der Waals surface area contributed by atoms with Crippen LogP contribution in [0.5, 0.6) is 0 Å². The SMILES string of the molecule is O=C1CCCCC(Cc2c(F)cccc2Cl)C1. The highest BCUT2D eigenvalue weighted by atomic mass is 35.5. The minimum atomic E-state index is -0.255. The lowest BCUT2D eigenvalue weighted by Gasteiger charge is -2.14. The normalized spacial score (nSPS) is 21.3. The summed E-state index contributed by atoms with van der Waals surface area (Å²) in [6.07, 6.45) is 4.86. The van der Waals surface area contributed by atoms with Crippen molar-refractivity contribution in [3.05, 3.63) is 34.6 Å². The summed E-state index contributed by atoms with van der Waals surface area (Å²) < 4.78 is 13.6. The van der Waals surface area contributed by atoms with Crippen LogP contribution in [0.3, 0.4) is 0 Å². The zero-order chi connectivity index (χ0) is 12.3. The maximum absolute atomic E-state index is 13.6. The predicted molar refractivity (Wildman–Crippen MR) is 66.7 cm³/mol. The first kappa shape index (κ1) is 12.6. The molecule has 1 aromatic carbocycles. The van der Waals surface area contributed by atoms with Gasteiger partial charge in [0.15, 0.2) is 0 Å². The molecule has 0 aliphatic heterocycles. The maximum atomic E-state index is 13.6. The molecule has 0 radical (unpaired) electrons. The predicted octanol–water partition coefficient (Wildman–Crippen LogP) is 4.17. The van der Waals surface area contributed by atoms with Crippen LogP contribution >= 0.6 is 11.6 Å². The van der Waals surface area contributed by atoms with Gasteiger partial charge in [-0.25, -0.2) is 4.39 Å². The smallest absolute Gasteiger partial charge is 0.133 e. The molecule has 0 amide bonds. The van der Waals surface area contributed by atoms with E-state index < -0.39 is 0 Å². The van der Waals surface area contributed by atoms with Gasteiger partial charge in [-0.05, 0) is 37.3 Å². The van der Waals surface area contributed by atoms with Crippen LogP contribution in [0.2, 0.25) is 5.02 Å². The van der Waals surface area contributed by atoms with E-state index >= 15 is 0 Å². The molecule has 2 rings (SSSR count). The highest BCUT2D eigenvalue weighted by Crippen LogP contribution is 2.28. The van der Waals surface area contributed by atoms with Crippen molar-refractivity contribution in [2.24, 2.45) is 5.92 Å². The van der Waals surface area contributed by atoms with Crippen LogP contribution < -0.4 is 0 Å². The Labute approximate surface area is 106 Å². The molecule has 0 bridgehead atoms. The van der Waals surface area contributed by atoms with Gasteiger partial charge in [-0.3, -0.25) is 4.79 Å². The summed E-state index contributed by atoms with van der Waals surface area (Å²) in [6, 6.07) is 4.75. The summed E-state index contributed by atoms with van der Waals surface area (Å²) in [5.74, 6) is 0.300. The summed E-state index contributed by atoms with van der Waals surface area (Å²) in [4.78, 5) is 11.5. The van der Waals surface area contributed by atoms with Gasteiger partial charge in [-0.2, -0.15) is 0 Å². The monoisotopic (exact) mass is 254 g/mol. The molecule has 1 unspecified atom stereocenters. The van der Waals surface area contributed by atoms with Gasteiger partial charge in [-0.1, -0.05) is 24.1 Å². The Morgan fingerprint density at radius 2 is 2.18 bits per heavy atom. The lowest BCUT2D eigenvalue weighted by molar-refractivity contribution is -0.119. The van der Waals surface area contributed by atoms with E-state index in [1.54, 1.807) is 12.1 Å². The molecule has 1 aliphatic rings. The maximum Gasteiger partial charge on any atom is 0.133 e. The van der Waals surface area contributed by atoms with Gasteiger partial charge < -0.3 is 0 Å². The number of rotatable bonds is 2. The Kier molecular flexibility index (Phi) is 4.16. The van der Waals surface area contributed by atoms with Gasteiger partial charge in [-0.15, -0.1) is 0 Å². The number of Topliss-reactive ketones (excluding diaryl/α,β-unsaturated/α-hetero) is 1. The molecule has 1 aromatic rings. The van der Waals surface area contributed by atoms with Gasteiger partial charge in [0.1, 0.15) is 11.6 Å². The molecule has 1 nitrogen and oxygen atoms in total. The van der Waals surface area contributed by atoms with E-state index in [1.165, 1.54) is 6.07 Å². The number of benzene rings is 1. The largest absolute Gasteiger partial charge is 0.300 e. The third-order valence-corrected chi connectivity index (χ3v) is 3.74. The van der Waals surface area contributed by atoms with Crippen LogP contribution in [-0.4, -0.2) is 5.78 Å². The number of carbonyl (C=O) groups is 1. The molecule has 0 N–H and O–H groups in total. The second-order valence-electron chi connectivity index (χ2n) is 4.76. The van der Waals surface area contributed by atoms with Gasteiger partial charge in [0.25, 0.3) is 0 Å². The summed E-state index contributed by atoms with van der Waals surface area (Å²) >= 11 is 6.00. The van der Waals surface area contributed by atoms with Crippen molar-refractivity contribution in [1.29, 1.82) is 0 Å². The summed E-state index contributed by atoms with van der Waals surface area (Å²) in [6.45, 7) is 0. The fraction of sp³-hybridized carbons (Fsp3) is 0.500. The van der Waals surface area contributed by atoms with E-state index in [2.05, 4.69) is 0 Å². The second-order valence-corrected chi connectivity index (χ2v) is 5.17. The van der Waals surface area contributed by atoms with Crippen molar-refractivity contribution >= 4 is 17.4 Å². The van der Waals surface area contributed by atoms with Crippen molar-refractivity contribution in [2.75, 3.05) is 0 Å². The molecule has 1 aliphatic carbocycles. The second kappa shape index (κ2) is 5.63. The Hall–Kier alpha value is -0.890. The minimum Gasteiger partial charge on any atom is -0.300 e. The lowest BCUT2D eigenvalue weighted by atomic mass is 9.92. The van der Waals surface area contributed by atoms with Crippen LogP contribution in [0.4, 0.5) is 4.39 Å². The van der Waals surface area contributed by atoms with Crippen LogP contribution in [0, 0.1) is 11.7 Å². The van der Waals surface area contributed by atoms with Gasteiger partial charge in [0.05, 0.1) is 0 Å². The van der Waals surface area contributed by atoms with E-state index in [0.29, 0.717) is 35.6 Å².